The van der Waals surface area contributed by atoms with Gasteiger partial charge in [-0.2, -0.15) is 0 Å². The summed E-state index contributed by atoms with van der Waals surface area (Å²) in [5.41, 5.74) is 8.01. The highest BCUT2D eigenvalue weighted by Crippen LogP contribution is 2.32. The molecular formula is C19H22Cl2N2O2. The third-order valence-electron chi connectivity index (χ3n) is 4.60. The summed E-state index contributed by atoms with van der Waals surface area (Å²) in [5.74, 6) is 0.916. The molecule has 0 atom stereocenters. The molecule has 1 heterocycles. The zero-order chi connectivity index (χ0) is 17.1. The Morgan fingerprint density at radius 3 is 2.44 bits per heavy atom. The van der Waals surface area contributed by atoms with Crippen molar-refractivity contribution in [3.63, 3.8) is 0 Å². The summed E-state index contributed by atoms with van der Waals surface area (Å²) in [7, 11) is 1.53. The summed E-state index contributed by atoms with van der Waals surface area (Å²) < 4.78 is 5.30. The molecule has 0 spiro atoms. The molecule has 0 radical (unpaired) electrons. The second kappa shape index (κ2) is 8.45. The van der Waals surface area contributed by atoms with E-state index in [1.54, 1.807) is 12.1 Å². The number of methoxy groups -OCH3 is 1. The highest BCUT2D eigenvalue weighted by Gasteiger charge is 2.26. The van der Waals surface area contributed by atoms with Crippen LogP contribution in [0.15, 0.2) is 42.5 Å². The van der Waals surface area contributed by atoms with Crippen LogP contribution < -0.4 is 10.5 Å². The highest BCUT2D eigenvalue weighted by molar-refractivity contribution is 6.33. The fraction of sp³-hybridized carbons (Fsp3) is 0.316. The molecule has 1 saturated heterocycles. The lowest BCUT2D eigenvalue weighted by Gasteiger charge is -2.32. The van der Waals surface area contributed by atoms with Gasteiger partial charge < -0.3 is 15.4 Å². The first kappa shape index (κ1) is 19.4. The summed E-state index contributed by atoms with van der Waals surface area (Å²) >= 11 is 6.08. The molecule has 1 fully saturated rings. The van der Waals surface area contributed by atoms with Gasteiger partial charge in [0.1, 0.15) is 5.75 Å². The fourth-order valence-electron chi connectivity index (χ4n) is 3.22. The molecule has 1 aliphatic heterocycles. The number of nitrogens with zero attached hydrogens (tertiary/aromatic N) is 1. The lowest BCUT2D eigenvalue weighted by Crippen LogP contribution is -2.38. The first-order chi connectivity index (χ1) is 11.6. The van der Waals surface area contributed by atoms with Crippen LogP contribution in [0.5, 0.6) is 5.75 Å². The van der Waals surface area contributed by atoms with Crippen molar-refractivity contribution in [2.75, 3.05) is 25.9 Å². The Balaban J connectivity index is 0.00000225. The van der Waals surface area contributed by atoms with Gasteiger partial charge in [-0.1, -0.05) is 41.9 Å². The number of likely N-dealkylation sites (tertiary alicyclic amines) is 1. The van der Waals surface area contributed by atoms with Crippen LogP contribution in [0.25, 0.3) is 0 Å². The Morgan fingerprint density at radius 2 is 1.84 bits per heavy atom. The molecule has 134 valence electrons. The van der Waals surface area contributed by atoms with Crippen molar-refractivity contribution < 1.29 is 9.53 Å². The van der Waals surface area contributed by atoms with E-state index in [1.807, 2.05) is 11.0 Å². The maximum Gasteiger partial charge on any atom is 0.257 e. The van der Waals surface area contributed by atoms with Gasteiger partial charge in [-0.05, 0) is 30.4 Å². The van der Waals surface area contributed by atoms with Crippen molar-refractivity contribution in [3.8, 4) is 5.75 Å². The summed E-state index contributed by atoms with van der Waals surface area (Å²) in [6.45, 7) is 1.45. The van der Waals surface area contributed by atoms with Crippen LogP contribution in [0.3, 0.4) is 0 Å². The minimum atomic E-state index is -0.0553. The molecule has 2 aromatic rings. The van der Waals surface area contributed by atoms with Crippen molar-refractivity contribution in [2.45, 2.75) is 18.8 Å². The second-order valence-corrected chi connectivity index (χ2v) is 6.46. The van der Waals surface area contributed by atoms with E-state index in [4.69, 9.17) is 22.1 Å². The molecule has 2 N–H and O–H groups in total. The van der Waals surface area contributed by atoms with E-state index in [-0.39, 0.29) is 18.3 Å². The van der Waals surface area contributed by atoms with Gasteiger partial charge in [0, 0.05) is 19.2 Å². The number of nitrogen functional groups attached to an aromatic ring is 1. The molecule has 3 rings (SSSR count). The maximum atomic E-state index is 12.8. The third kappa shape index (κ3) is 4.20. The molecular weight excluding hydrogens is 359 g/mol. The molecule has 1 aliphatic rings. The Labute approximate surface area is 159 Å². The van der Waals surface area contributed by atoms with E-state index in [0.29, 0.717) is 27.9 Å². The lowest BCUT2D eigenvalue weighted by molar-refractivity contribution is 0.0709. The predicted molar refractivity (Wildman–Crippen MR) is 104 cm³/mol. The van der Waals surface area contributed by atoms with Gasteiger partial charge in [-0.25, -0.2) is 0 Å². The zero-order valence-corrected chi connectivity index (χ0v) is 15.6. The standard InChI is InChI=1S/C19H21ClN2O2.ClH/c1-24-18-12-17(21)16(20)11-15(18)19(23)22-9-7-14(8-10-22)13-5-3-2-4-6-13;/h2-6,11-12,14H,7-10,21H2,1H3;1H. The second-order valence-electron chi connectivity index (χ2n) is 6.05. The van der Waals surface area contributed by atoms with E-state index in [0.717, 1.165) is 25.9 Å². The molecule has 2 aromatic carbocycles. The molecule has 1 amide bonds. The molecule has 25 heavy (non-hydrogen) atoms. The van der Waals surface area contributed by atoms with E-state index in [1.165, 1.54) is 12.7 Å². The summed E-state index contributed by atoms with van der Waals surface area (Å²) in [6, 6.07) is 13.7. The predicted octanol–water partition coefficient (Wildman–Crippen LogP) is 4.37. The van der Waals surface area contributed by atoms with E-state index < -0.39 is 0 Å². The van der Waals surface area contributed by atoms with Crippen molar-refractivity contribution in [1.29, 1.82) is 0 Å². The van der Waals surface area contributed by atoms with Gasteiger partial charge in [-0.3, -0.25) is 4.79 Å². The quantitative estimate of drug-likeness (QED) is 0.804. The molecule has 0 saturated carbocycles. The number of hydrogen-bond donors (Lipinski definition) is 1. The number of carbonyl (C=O) groups is 1. The van der Waals surface area contributed by atoms with Gasteiger partial charge in [0.25, 0.3) is 5.91 Å². The highest BCUT2D eigenvalue weighted by atomic mass is 35.5. The number of rotatable bonds is 3. The van der Waals surface area contributed by atoms with Gasteiger partial charge >= 0.3 is 0 Å². The van der Waals surface area contributed by atoms with Crippen molar-refractivity contribution in [2.24, 2.45) is 0 Å². The van der Waals surface area contributed by atoms with Crippen LogP contribution in [0, 0.1) is 0 Å². The average molecular weight is 381 g/mol. The maximum absolute atomic E-state index is 12.8. The van der Waals surface area contributed by atoms with Crippen LogP contribution in [0.2, 0.25) is 5.02 Å². The smallest absolute Gasteiger partial charge is 0.257 e. The van der Waals surface area contributed by atoms with Crippen LogP contribution >= 0.6 is 24.0 Å². The molecule has 0 aliphatic carbocycles. The van der Waals surface area contributed by atoms with Crippen LogP contribution in [0.4, 0.5) is 5.69 Å². The summed E-state index contributed by atoms with van der Waals surface area (Å²) in [5, 5.41) is 0.373. The number of anilines is 1. The Kier molecular flexibility index (Phi) is 6.57. The van der Waals surface area contributed by atoms with Gasteiger partial charge in [0.2, 0.25) is 0 Å². The number of hydrogen-bond acceptors (Lipinski definition) is 3. The number of carbonyl (C=O) groups excluding carboxylic acids is 1. The Hall–Kier alpha value is -1.91. The Bertz CT molecular complexity index is 730. The topological polar surface area (TPSA) is 55.6 Å². The zero-order valence-electron chi connectivity index (χ0n) is 14.1. The Morgan fingerprint density at radius 1 is 1.20 bits per heavy atom. The van der Waals surface area contributed by atoms with Crippen molar-refractivity contribution >= 4 is 35.6 Å². The molecule has 4 nitrogen and oxygen atoms in total. The monoisotopic (exact) mass is 380 g/mol. The summed E-state index contributed by atoms with van der Waals surface area (Å²) in [6.07, 6.45) is 1.92. The van der Waals surface area contributed by atoms with Gasteiger partial charge in [0.15, 0.2) is 0 Å². The molecule has 6 heteroatoms. The first-order valence-corrected chi connectivity index (χ1v) is 8.45. The third-order valence-corrected chi connectivity index (χ3v) is 4.93. The van der Waals surface area contributed by atoms with Gasteiger partial charge in [-0.15, -0.1) is 12.4 Å². The molecule has 0 bridgehead atoms. The van der Waals surface area contributed by atoms with Crippen molar-refractivity contribution in [1.82, 2.24) is 4.90 Å². The molecule has 0 aromatic heterocycles. The number of benzene rings is 2. The van der Waals surface area contributed by atoms with E-state index in [2.05, 4.69) is 24.3 Å². The number of halogens is 2. The summed E-state index contributed by atoms with van der Waals surface area (Å²) in [4.78, 5) is 14.7. The van der Waals surface area contributed by atoms with E-state index in [9.17, 15) is 4.79 Å². The number of amides is 1. The first-order valence-electron chi connectivity index (χ1n) is 8.07. The van der Waals surface area contributed by atoms with E-state index >= 15 is 0 Å². The number of nitrogens with two attached hydrogens (primary N) is 1. The van der Waals surface area contributed by atoms with Crippen LogP contribution in [0.1, 0.15) is 34.7 Å². The normalized spacial score (nSPS) is 14.7. The fourth-order valence-corrected chi connectivity index (χ4v) is 3.38. The number of ether oxygens (including phenoxy) is 1. The largest absolute Gasteiger partial charge is 0.496 e. The number of piperidine rings is 1. The van der Waals surface area contributed by atoms with Crippen LogP contribution in [-0.2, 0) is 0 Å². The lowest BCUT2D eigenvalue weighted by atomic mass is 9.89. The molecule has 0 unspecified atom stereocenters. The van der Waals surface area contributed by atoms with Crippen LogP contribution in [-0.4, -0.2) is 31.0 Å². The van der Waals surface area contributed by atoms with Crippen molar-refractivity contribution in [3.05, 3.63) is 58.6 Å². The van der Waals surface area contributed by atoms with Gasteiger partial charge in [0.05, 0.1) is 23.4 Å². The minimum absolute atomic E-state index is 0. The average Bonchev–Trinajstić information content (AvgIpc) is 2.64. The SMILES string of the molecule is COc1cc(N)c(Cl)cc1C(=O)N1CCC(c2ccccc2)CC1.Cl. The minimum Gasteiger partial charge on any atom is -0.496 e.